The Hall–Kier alpha value is -3.33. The molecule has 1 aliphatic rings. The van der Waals surface area contributed by atoms with Gasteiger partial charge in [0.15, 0.2) is 5.78 Å². The summed E-state index contributed by atoms with van der Waals surface area (Å²) in [5, 5.41) is 0. The second-order valence-corrected chi connectivity index (χ2v) is 7.14. The van der Waals surface area contributed by atoms with E-state index in [1.807, 2.05) is 97.0 Å². The number of carbonyl (C=O) groups excluding carboxylic acids is 1. The van der Waals surface area contributed by atoms with Gasteiger partial charge >= 0.3 is 0 Å². The molecular formula is C26H28N2O. The van der Waals surface area contributed by atoms with E-state index in [4.69, 9.17) is 0 Å². The third kappa shape index (κ3) is 5.82. The molecule has 1 fully saturated rings. The highest BCUT2D eigenvalue weighted by atomic mass is 16.1. The number of hydrogen-bond acceptors (Lipinski definition) is 3. The van der Waals surface area contributed by atoms with Crippen LogP contribution in [0.1, 0.15) is 19.3 Å². The predicted octanol–water partition coefficient (Wildman–Crippen LogP) is 5.89. The van der Waals surface area contributed by atoms with Crippen LogP contribution in [0.15, 0.2) is 109 Å². The molecule has 2 aromatic rings. The average molecular weight is 385 g/mol. The monoisotopic (exact) mass is 384 g/mol. The Morgan fingerprint density at radius 2 is 1.10 bits per heavy atom. The summed E-state index contributed by atoms with van der Waals surface area (Å²) in [6, 6.07) is 20.3. The lowest BCUT2D eigenvalue weighted by Crippen LogP contribution is -2.12. The molecule has 0 radical (unpaired) electrons. The van der Waals surface area contributed by atoms with Gasteiger partial charge in [-0.05, 0) is 66.8 Å². The van der Waals surface area contributed by atoms with Crippen molar-refractivity contribution in [2.75, 3.05) is 23.9 Å². The third-order valence-corrected chi connectivity index (χ3v) is 5.02. The van der Waals surface area contributed by atoms with Gasteiger partial charge < -0.3 is 9.80 Å². The van der Waals surface area contributed by atoms with Gasteiger partial charge in [0.2, 0.25) is 0 Å². The van der Waals surface area contributed by atoms with Gasteiger partial charge in [-0.1, -0.05) is 48.6 Å². The highest BCUT2D eigenvalue weighted by molar-refractivity contribution is 6.09. The molecule has 0 saturated heterocycles. The summed E-state index contributed by atoms with van der Waals surface area (Å²) in [6.45, 7) is 0. The van der Waals surface area contributed by atoms with E-state index in [9.17, 15) is 4.79 Å². The summed E-state index contributed by atoms with van der Waals surface area (Å²) in [4.78, 5) is 16.9. The second-order valence-electron chi connectivity index (χ2n) is 7.14. The SMILES string of the molecule is CN(C=CC=C1CCCC(=CC=CN(C)c2ccccc2)C1=O)c1ccccc1. The predicted molar refractivity (Wildman–Crippen MR) is 123 cm³/mol. The van der Waals surface area contributed by atoms with Crippen LogP contribution in [0.4, 0.5) is 11.4 Å². The molecule has 1 saturated carbocycles. The van der Waals surface area contributed by atoms with Crippen molar-refractivity contribution in [2.45, 2.75) is 19.3 Å². The number of benzene rings is 2. The van der Waals surface area contributed by atoms with E-state index >= 15 is 0 Å². The van der Waals surface area contributed by atoms with Gasteiger partial charge in [0.1, 0.15) is 0 Å². The normalized spacial score (nSPS) is 17.5. The Bertz CT molecular complexity index is 848. The molecule has 0 heterocycles. The van der Waals surface area contributed by atoms with Crippen molar-refractivity contribution in [1.29, 1.82) is 0 Å². The van der Waals surface area contributed by atoms with Crippen LogP contribution in [-0.2, 0) is 4.79 Å². The average Bonchev–Trinajstić information content (AvgIpc) is 2.77. The minimum absolute atomic E-state index is 0.162. The van der Waals surface area contributed by atoms with Gasteiger partial charge in [-0.15, -0.1) is 0 Å². The molecule has 0 aromatic heterocycles. The Labute approximate surface area is 174 Å². The third-order valence-electron chi connectivity index (χ3n) is 5.02. The fraction of sp³-hybridized carbons (Fsp3) is 0.192. The largest absolute Gasteiger partial charge is 0.351 e. The van der Waals surface area contributed by atoms with E-state index in [2.05, 4.69) is 24.3 Å². The Kier molecular flexibility index (Phi) is 7.23. The Balaban J connectivity index is 1.63. The Morgan fingerprint density at radius 3 is 1.52 bits per heavy atom. The topological polar surface area (TPSA) is 23.6 Å². The number of carbonyl (C=O) groups is 1. The molecule has 2 aromatic carbocycles. The smallest absolute Gasteiger partial charge is 0.184 e. The van der Waals surface area contributed by atoms with Gasteiger partial charge in [-0.25, -0.2) is 0 Å². The summed E-state index contributed by atoms with van der Waals surface area (Å²) < 4.78 is 0. The maximum absolute atomic E-state index is 12.8. The van der Waals surface area contributed by atoms with Gasteiger partial charge in [-0.3, -0.25) is 4.79 Å². The number of nitrogens with zero attached hydrogens (tertiary/aromatic N) is 2. The molecule has 148 valence electrons. The van der Waals surface area contributed by atoms with Crippen LogP contribution in [0.25, 0.3) is 0 Å². The Morgan fingerprint density at radius 1 is 0.690 bits per heavy atom. The van der Waals surface area contributed by atoms with E-state index in [1.165, 1.54) is 0 Å². The van der Waals surface area contributed by atoms with Gasteiger partial charge in [0, 0.05) is 37.9 Å². The highest BCUT2D eigenvalue weighted by Crippen LogP contribution is 2.25. The van der Waals surface area contributed by atoms with E-state index in [0.29, 0.717) is 0 Å². The first-order valence-electron chi connectivity index (χ1n) is 10.0. The zero-order chi connectivity index (χ0) is 20.5. The van der Waals surface area contributed by atoms with Crippen LogP contribution in [0.3, 0.4) is 0 Å². The van der Waals surface area contributed by atoms with Crippen molar-refractivity contribution in [3.8, 4) is 0 Å². The number of hydrogen-bond donors (Lipinski definition) is 0. The molecule has 0 spiro atoms. The molecule has 1 aliphatic carbocycles. The molecule has 0 atom stereocenters. The van der Waals surface area contributed by atoms with Crippen molar-refractivity contribution in [2.24, 2.45) is 0 Å². The second kappa shape index (κ2) is 10.3. The van der Waals surface area contributed by atoms with Crippen molar-refractivity contribution >= 4 is 17.2 Å². The van der Waals surface area contributed by atoms with Crippen molar-refractivity contribution in [3.63, 3.8) is 0 Å². The lowest BCUT2D eigenvalue weighted by molar-refractivity contribution is -0.113. The lowest BCUT2D eigenvalue weighted by atomic mass is 9.88. The number of para-hydroxylation sites is 2. The molecule has 0 amide bonds. The fourth-order valence-corrected chi connectivity index (χ4v) is 3.30. The van der Waals surface area contributed by atoms with E-state index < -0.39 is 0 Å². The van der Waals surface area contributed by atoms with E-state index in [-0.39, 0.29) is 5.78 Å². The zero-order valence-electron chi connectivity index (χ0n) is 17.2. The molecule has 0 N–H and O–H groups in total. The summed E-state index contributed by atoms with van der Waals surface area (Å²) in [5.41, 5.74) is 3.99. The van der Waals surface area contributed by atoms with Crippen LogP contribution in [0.2, 0.25) is 0 Å². The first-order chi connectivity index (χ1) is 14.1. The molecule has 3 nitrogen and oxygen atoms in total. The first-order valence-corrected chi connectivity index (χ1v) is 10.0. The summed E-state index contributed by atoms with van der Waals surface area (Å²) in [5.74, 6) is 0.162. The molecule has 3 heteroatoms. The number of rotatable bonds is 6. The summed E-state index contributed by atoms with van der Waals surface area (Å²) in [7, 11) is 4.01. The van der Waals surface area contributed by atoms with Crippen molar-refractivity contribution < 1.29 is 4.79 Å². The highest BCUT2D eigenvalue weighted by Gasteiger charge is 2.19. The fourth-order valence-electron chi connectivity index (χ4n) is 3.30. The minimum atomic E-state index is 0.162. The molecular weight excluding hydrogens is 356 g/mol. The number of allylic oxidation sites excluding steroid dienone is 6. The molecule has 0 unspecified atom stereocenters. The molecule has 0 aliphatic heterocycles. The van der Waals surface area contributed by atoms with Gasteiger partial charge in [0.05, 0.1) is 0 Å². The summed E-state index contributed by atoms with van der Waals surface area (Å²) >= 11 is 0. The van der Waals surface area contributed by atoms with E-state index in [0.717, 1.165) is 41.8 Å². The molecule has 0 bridgehead atoms. The quantitative estimate of drug-likeness (QED) is 0.580. The van der Waals surface area contributed by atoms with Crippen molar-refractivity contribution in [3.05, 3.63) is 109 Å². The lowest BCUT2D eigenvalue weighted by Gasteiger charge is -2.16. The number of anilines is 2. The van der Waals surface area contributed by atoms with Crippen LogP contribution >= 0.6 is 0 Å². The number of Topliss-reactive ketones (excluding diaryl/α,β-unsaturated/α-hetero) is 1. The van der Waals surface area contributed by atoms with E-state index in [1.54, 1.807) is 0 Å². The van der Waals surface area contributed by atoms with Crippen molar-refractivity contribution in [1.82, 2.24) is 0 Å². The first kappa shape index (κ1) is 20.4. The standard InChI is InChI=1S/C26H28N2O/c1-27(24-16-5-3-6-17-24)20-10-14-22-12-9-13-23(26(22)29)15-11-21-28(2)25-18-7-4-8-19-25/h3-8,10-11,14-21H,9,12-13H2,1-2H3. The maximum atomic E-state index is 12.8. The van der Waals surface area contributed by atoms with Crippen LogP contribution in [0.5, 0.6) is 0 Å². The molecule has 3 rings (SSSR count). The maximum Gasteiger partial charge on any atom is 0.184 e. The minimum Gasteiger partial charge on any atom is -0.351 e. The number of ketones is 1. The molecule has 29 heavy (non-hydrogen) atoms. The zero-order valence-corrected chi connectivity index (χ0v) is 17.2. The van der Waals surface area contributed by atoms with Crippen LogP contribution in [-0.4, -0.2) is 19.9 Å². The van der Waals surface area contributed by atoms with Crippen LogP contribution < -0.4 is 9.80 Å². The van der Waals surface area contributed by atoms with Gasteiger partial charge in [0.25, 0.3) is 0 Å². The van der Waals surface area contributed by atoms with Crippen LogP contribution in [0, 0.1) is 0 Å². The summed E-state index contributed by atoms with van der Waals surface area (Å²) in [6.07, 6.45) is 14.5. The van der Waals surface area contributed by atoms with Gasteiger partial charge in [-0.2, -0.15) is 0 Å².